The van der Waals surface area contributed by atoms with Crippen LogP contribution in [0.5, 0.6) is 0 Å². The highest BCUT2D eigenvalue weighted by molar-refractivity contribution is 8.00. The van der Waals surface area contributed by atoms with Crippen LogP contribution >= 0.6 is 11.8 Å². The molecule has 14 heavy (non-hydrogen) atoms. The second-order valence-corrected chi connectivity index (χ2v) is 5.40. The minimum absolute atomic E-state index is 0.0820. The van der Waals surface area contributed by atoms with E-state index in [2.05, 4.69) is 13.8 Å². The second-order valence-electron chi connectivity index (χ2n) is 3.98. The van der Waals surface area contributed by atoms with Gasteiger partial charge in [-0.25, -0.2) is 0 Å². The predicted octanol–water partition coefficient (Wildman–Crippen LogP) is 1.61. The van der Waals surface area contributed by atoms with Crippen LogP contribution < -0.4 is 5.73 Å². The second kappa shape index (κ2) is 5.03. The van der Waals surface area contributed by atoms with Crippen molar-refractivity contribution in [3.63, 3.8) is 0 Å². The molecule has 1 saturated heterocycles. The number of thioether (sulfide) groups is 1. The van der Waals surface area contributed by atoms with Gasteiger partial charge in [-0.05, 0) is 19.3 Å². The van der Waals surface area contributed by atoms with E-state index < -0.39 is 0 Å². The van der Waals surface area contributed by atoms with Crippen molar-refractivity contribution >= 4 is 17.7 Å². The van der Waals surface area contributed by atoms with E-state index in [4.69, 9.17) is 10.5 Å². The van der Waals surface area contributed by atoms with Gasteiger partial charge in [-0.2, -0.15) is 0 Å². The molecule has 3 nitrogen and oxygen atoms in total. The number of hydrogen-bond donors (Lipinski definition) is 1. The molecular formula is C10H19NO2S. The summed E-state index contributed by atoms with van der Waals surface area (Å²) in [4.78, 5) is 11.5. The molecule has 0 aromatic heterocycles. The van der Waals surface area contributed by atoms with E-state index in [0.717, 1.165) is 6.42 Å². The average molecular weight is 217 g/mol. The molecule has 0 aromatic rings. The topological polar surface area (TPSA) is 52.3 Å². The Morgan fingerprint density at radius 3 is 2.71 bits per heavy atom. The summed E-state index contributed by atoms with van der Waals surface area (Å²) in [5.41, 5.74) is 5.90. The molecule has 1 fully saturated rings. The fourth-order valence-corrected chi connectivity index (χ4v) is 3.09. The summed E-state index contributed by atoms with van der Waals surface area (Å²) in [6.07, 6.45) is 0.863. The van der Waals surface area contributed by atoms with Crippen LogP contribution in [0.25, 0.3) is 0 Å². The molecule has 1 heterocycles. The molecule has 2 N–H and O–H groups in total. The molecule has 82 valence electrons. The molecule has 1 rings (SSSR count). The van der Waals surface area contributed by atoms with E-state index in [1.165, 1.54) is 0 Å². The van der Waals surface area contributed by atoms with Crippen molar-refractivity contribution in [2.75, 3.05) is 6.61 Å². The number of carbonyl (C=O) groups excluding carboxylic acids is 1. The molecule has 0 aliphatic carbocycles. The fourth-order valence-electron chi connectivity index (χ4n) is 1.65. The quantitative estimate of drug-likeness (QED) is 0.730. The number of esters is 1. The number of ether oxygens (including phenoxy) is 1. The highest BCUT2D eigenvalue weighted by atomic mass is 32.2. The third-order valence-electron chi connectivity index (χ3n) is 2.55. The van der Waals surface area contributed by atoms with Crippen LogP contribution in [-0.2, 0) is 9.53 Å². The molecule has 1 aliphatic rings. The standard InChI is InChI=1S/C10H19NO2S/c1-4-13-10(12)7-5-8(6(2)3)14-9(7)11/h6-9H,4-5,11H2,1-3H3. The number of rotatable bonds is 3. The highest BCUT2D eigenvalue weighted by Crippen LogP contribution is 2.39. The molecule has 4 heteroatoms. The number of hydrogen-bond acceptors (Lipinski definition) is 4. The van der Waals surface area contributed by atoms with Crippen molar-refractivity contribution < 1.29 is 9.53 Å². The maximum absolute atomic E-state index is 11.5. The van der Waals surface area contributed by atoms with E-state index in [9.17, 15) is 4.79 Å². The first-order valence-electron chi connectivity index (χ1n) is 5.14. The fraction of sp³-hybridized carbons (Fsp3) is 0.900. The molecule has 0 amide bonds. The Morgan fingerprint density at radius 1 is 1.64 bits per heavy atom. The lowest BCUT2D eigenvalue weighted by Gasteiger charge is -2.12. The lowest BCUT2D eigenvalue weighted by Crippen LogP contribution is -2.30. The van der Waals surface area contributed by atoms with Gasteiger partial charge in [0, 0.05) is 5.25 Å². The van der Waals surface area contributed by atoms with Gasteiger partial charge >= 0.3 is 5.97 Å². The number of carbonyl (C=O) groups is 1. The van der Waals surface area contributed by atoms with Crippen LogP contribution in [0.2, 0.25) is 0 Å². The predicted molar refractivity (Wildman–Crippen MR) is 58.9 cm³/mol. The van der Waals surface area contributed by atoms with Crippen LogP contribution in [0.3, 0.4) is 0 Å². The smallest absolute Gasteiger partial charge is 0.311 e. The van der Waals surface area contributed by atoms with Crippen LogP contribution in [-0.4, -0.2) is 23.2 Å². The van der Waals surface area contributed by atoms with Gasteiger partial charge in [0.25, 0.3) is 0 Å². The molecule has 1 aliphatic heterocycles. The summed E-state index contributed by atoms with van der Waals surface area (Å²) < 4.78 is 4.99. The van der Waals surface area contributed by atoms with Crippen molar-refractivity contribution in [3.05, 3.63) is 0 Å². The van der Waals surface area contributed by atoms with Crippen molar-refractivity contribution in [2.24, 2.45) is 17.6 Å². The number of nitrogens with two attached hydrogens (primary N) is 1. The zero-order chi connectivity index (χ0) is 10.7. The van der Waals surface area contributed by atoms with Gasteiger partial charge < -0.3 is 10.5 Å². The van der Waals surface area contributed by atoms with Crippen LogP contribution in [0.15, 0.2) is 0 Å². The minimum Gasteiger partial charge on any atom is -0.466 e. The third-order valence-corrected chi connectivity index (χ3v) is 4.28. The molecule has 0 bridgehead atoms. The van der Waals surface area contributed by atoms with Crippen molar-refractivity contribution in [2.45, 2.75) is 37.8 Å². The maximum atomic E-state index is 11.5. The molecule has 3 unspecified atom stereocenters. The molecule has 0 aromatic carbocycles. The molecule has 0 spiro atoms. The largest absolute Gasteiger partial charge is 0.466 e. The zero-order valence-electron chi connectivity index (χ0n) is 9.03. The van der Waals surface area contributed by atoms with Gasteiger partial charge in [-0.3, -0.25) is 4.79 Å². The van der Waals surface area contributed by atoms with E-state index in [1.807, 2.05) is 6.92 Å². The van der Waals surface area contributed by atoms with Gasteiger partial charge in [-0.15, -0.1) is 11.8 Å². The van der Waals surface area contributed by atoms with Gasteiger partial charge in [0.05, 0.1) is 17.9 Å². The summed E-state index contributed by atoms with van der Waals surface area (Å²) in [6.45, 7) is 6.60. The van der Waals surface area contributed by atoms with E-state index in [1.54, 1.807) is 11.8 Å². The Balaban J connectivity index is 2.52. The van der Waals surface area contributed by atoms with E-state index >= 15 is 0 Å². The molecular weight excluding hydrogens is 198 g/mol. The molecule has 0 saturated carbocycles. The van der Waals surface area contributed by atoms with E-state index in [0.29, 0.717) is 17.8 Å². The Hall–Kier alpha value is -0.220. The van der Waals surface area contributed by atoms with Gasteiger partial charge in [-0.1, -0.05) is 13.8 Å². The first-order chi connectivity index (χ1) is 6.56. The summed E-state index contributed by atoms with van der Waals surface area (Å²) >= 11 is 1.71. The summed E-state index contributed by atoms with van der Waals surface area (Å²) in [5, 5.41) is 0.417. The van der Waals surface area contributed by atoms with Crippen molar-refractivity contribution in [1.82, 2.24) is 0 Å². The maximum Gasteiger partial charge on any atom is 0.311 e. The SMILES string of the molecule is CCOC(=O)C1CC(C(C)C)SC1N. The molecule has 3 atom stereocenters. The average Bonchev–Trinajstić information content (AvgIpc) is 2.48. The van der Waals surface area contributed by atoms with Gasteiger partial charge in [0.1, 0.15) is 0 Å². The van der Waals surface area contributed by atoms with E-state index in [-0.39, 0.29) is 17.3 Å². The monoisotopic (exact) mass is 217 g/mol. The first-order valence-corrected chi connectivity index (χ1v) is 6.08. The molecule has 0 radical (unpaired) electrons. The van der Waals surface area contributed by atoms with Crippen molar-refractivity contribution in [1.29, 1.82) is 0 Å². The summed E-state index contributed by atoms with van der Waals surface area (Å²) in [6, 6.07) is 0. The van der Waals surface area contributed by atoms with Gasteiger partial charge in [0.15, 0.2) is 0 Å². The van der Waals surface area contributed by atoms with Gasteiger partial charge in [0.2, 0.25) is 0 Å². The van der Waals surface area contributed by atoms with Crippen LogP contribution in [0.1, 0.15) is 27.2 Å². The Kier molecular flexibility index (Phi) is 4.26. The van der Waals surface area contributed by atoms with Crippen LogP contribution in [0, 0.1) is 11.8 Å². The normalized spacial score (nSPS) is 32.2. The van der Waals surface area contributed by atoms with Crippen molar-refractivity contribution in [3.8, 4) is 0 Å². The summed E-state index contributed by atoms with van der Waals surface area (Å²) in [5.74, 6) is 0.341. The highest BCUT2D eigenvalue weighted by Gasteiger charge is 2.39. The Bertz CT molecular complexity index is 208. The Morgan fingerprint density at radius 2 is 2.29 bits per heavy atom. The minimum atomic E-state index is -0.129. The lowest BCUT2D eigenvalue weighted by atomic mass is 9.98. The third kappa shape index (κ3) is 2.64. The Labute approximate surface area is 89.8 Å². The van der Waals surface area contributed by atoms with Crippen LogP contribution in [0.4, 0.5) is 0 Å². The first kappa shape index (κ1) is 11.9. The summed E-state index contributed by atoms with van der Waals surface area (Å²) in [7, 11) is 0. The lowest BCUT2D eigenvalue weighted by molar-refractivity contribution is -0.147. The zero-order valence-corrected chi connectivity index (χ0v) is 9.84.